The zero-order chi connectivity index (χ0) is 32.0. The highest BCUT2D eigenvalue weighted by molar-refractivity contribution is 5.93. The molecule has 0 aromatic heterocycles. The highest BCUT2D eigenvalue weighted by atomic mass is 16.6. The maximum atomic E-state index is 14.5. The van der Waals surface area contributed by atoms with Crippen molar-refractivity contribution in [2.75, 3.05) is 13.2 Å². The van der Waals surface area contributed by atoms with Crippen molar-refractivity contribution < 1.29 is 28.7 Å². The summed E-state index contributed by atoms with van der Waals surface area (Å²) in [7, 11) is 0. The van der Waals surface area contributed by atoms with Gasteiger partial charge >= 0.3 is 12.1 Å². The van der Waals surface area contributed by atoms with Gasteiger partial charge < -0.3 is 25.0 Å². The van der Waals surface area contributed by atoms with Crippen molar-refractivity contribution in [3.05, 3.63) is 35.4 Å². The number of amides is 3. The molecule has 1 rings (SSSR count). The van der Waals surface area contributed by atoms with Gasteiger partial charge in [-0.25, -0.2) is 4.79 Å². The quantitative estimate of drug-likeness (QED) is 0.211. The Morgan fingerprint density at radius 1 is 1.00 bits per heavy atom. The van der Waals surface area contributed by atoms with Crippen molar-refractivity contribution in [1.82, 2.24) is 15.5 Å². The summed E-state index contributed by atoms with van der Waals surface area (Å²) in [5.74, 6) is 1.73. The molecule has 0 spiro atoms. The van der Waals surface area contributed by atoms with Crippen LogP contribution in [0.5, 0.6) is 0 Å². The van der Waals surface area contributed by atoms with Gasteiger partial charge in [-0.05, 0) is 77.3 Å². The number of esters is 1. The van der Waals surface area contributed by atoms with E-state index in [1.807, 2.05) is 20.8 Å². The van der Waals surface area contributed by atoms with E-state index in [2.05, 4.69) is 30.4 Å². The fourth-order valence-electron chi connectivity index (χ4n) is 4.54. The molecule has 9 heteroatoms. The predicted molar refractivity (Wildman–Crippen MR) is 164 cm³/mol. The normalized spacial score (nSPS) is 13.5. The number of carbonyl (C=O) groups excluding carboxylic acids is 4. The van der Waals surface area contributed by atoms with E-state index in [9.17, 15) is 19.2 Å². The molecule has 0 aliphatic carbocycles. The molecule has 1 aromatic carbocycles. The number of hydrogen-bond donors (Lipinski definition) is 2. The van der Waals surface area contributed by atoms with Crippen LogP contribution in [0.2, 0.25) is 0 Å². The molecule has 0 bridgehead atoms. The first-order valence-electron chi connectivity index (χ1n) is 14.9. The van der Waals surface area contributed by atoms with Crippen molar-refractivity contribution >= 4 is 23.9 Å². The zero-order valence-corrected chi connectivity index (χ0v) is 26.9. The third kappa shape index (κ3) is 12.5. The number of ether oxygens (including phenoxy) is 2. The van der Waals surface area contributed by atoms with Crippen LogP contribution in [0.1, 0.15) is 105 Å². The lowest BCUT2D eigenvalue weighted by atomic mass is 9.93. The third-order valence-corrected chi connectivity index (χ3v) is 6.46. The standard InChI is InChI=1S/C33H51N3O6/c1-11-25-15-13-14-16-26(25)29(30(38)34-20-19-28(37)41-12-2)36(24(7)18-17-22(3)4)31(39)27(21-23(5)6)35-32(40)42-33(8,9)10/h1,13-16,22-24,27,29H,12,17-21H2,2-10H3,(H,34,38)(H,35,40). The fraction of sp³-hybridized carbons (Fsp3) is 0.636. The molecule has 42 heavy (non-hydrogen) atoms. The molecular weight excluding hydrogens is 534 g/mol. The minimum Gasteiger partial charge on any atom is -0.466 e. The summed E-state index contributed by atoms with van der Waals surface area (Å²) in [6.07, 6.45) is 6.88. The average molecular weight is 586 g/mol. The van der Waals surface area contributed by atoms with Crippen LogP contribution in [0.25, 0.3) is 0 Å². The largest absolute Gasteiger partial charge is 0.466 e. The lowest BCUT2D eigenvalue weighted by Crippen LogP contribution is -2.56. The number of hydrogen-bond acceptors (Lipinski definition) is 6. The minimum absolute atomic E-state index is 0.0177. The topological polar surface area (TPSA) is 114 Å². The van der Waals surface area contributed by atoms with Gasteiger partial charge in [-0.1, -0.05) is 51.8 Å². The van der Waals surface area contributed by atoms with Gasteiger partial charge in [0.15, 0.2) is 0 Å². The fourth-order valence-corrected chi connectivity index (χ4v) is 4.54. The first kappa shape index (κ1) is 36.5. The van der Waals surface area contributed by atoms with Crippen LogP contribution in [0, 0.1) is 24.2 Å². The van der Waals surface area contributed by atoms with E-state index in [1.54, 1.807) is 56.9 Å². The molecule has 9 nitrogen and oxygen atoms in total. The number of nitrogens with one attached hydrogen (secondary N) is 2. The number of nitrogens with zero attached hydrogens (tertiary/aromatic N) is 1. The molecule has 0 aliphatic rings. The zero-order valence-electron chi connectivity index (χ0n) is 26.9. The minimum atomic E-state index is -1.11. The van der Waals surface area contributed by atoms with Gasteiger partial charge in [-0.15, -0.1) is 6.42 Å². The van der Waals surface area contributed by atoms with Crippen molar-refractivity contribution in [2.45, 2.75) is 112 Å². The average Bonchev–Trinajstić information content (AvgIpc) is 2.88. The van der Waals surface area contributed by atoms with Crippen molar-refractivity contribution in [3.63, 3.8) is 0 Å². The van der Waals surface area contributed by atoms with E-state index >= 15 is 0 Å². The molecular formula is C33H51N3O6. The molecule has 0 saturated carbocycles. The van der Waals surface area contributed by atoms with E-state index in [0.29, 0.717) is 29.9 Å². The molecule has 0 aliphatic heterocycles. The Labute approximate surface area is 252 Å². The molecule has 2 N–H and O–H groups in total. The highest BCUT2D eigenvalue weighted by Crippen LogP contribution is 2.30. The lowest BCUT2D eigenvalue weighted by molar-refractivity contribution is -0.146. The van der Waals surface area contributed by atoms with Crippen molar-refractivity contribution in [3.8, 4) is 12.3 Å². The van der Waals surface area contributed by atoms with Gasteiger partial charge in [0.1, 0.15) is 17.7 Å². The molecule has 3 unspecified atom stereocenters. The van der Waals surface area contributed by atoms with Gasteiger partial charge in [0.05, 0.1) is 13.0 Å². The maximum absolute atomic E-state index is 14.5. The lowest BCUT2D eigenvalue weighted by Gasteiger charge is -2.39. The summed E-state index contributed by atoms with van der Waals surface area (Å²) in [6.45, 7) is 17.2. The smallest absolute Gasteiger partial charge is 0.408 e. The van der Waals surface area contributed by atoms with Crippen LogP contribution in [0.4, 0.5) is 4.79 Å². The Balaban J connectivity index is 3.66. The van der Waals surface area contributed by atoms with Gasteiger partial charge in [0.2, 0.25) is 11.8 Å². The number of rotatable bonds is 15. The maximum Gasteiger partial charge on any atom is 0.408 e. The van der Waals surface area contributed by atoms with Crippen molar-refractivity contribution in [2.24, 2.45) is 11.8 Å². The molecule has 0 radical (unpaired) electrons. The molecule has 0 saturated heterocycles. The second kappa shape index (κ2) is 17.4. The SMILES string of the molecule is C#Cc1ccccc1C(C(=O)NCCC(=O)OCC)N(C(=O)C(CC(C)C)NC(=O)OC(C)(C)C)C(C)CCC(C)C. The van der Waals surface area contributed by atoms with Gasteiger partial charge in [0, 0.05) is 18.2 Å². The molecule has 3 atom stereocenters. The van der Waals surface area contributed by atoms with Crippen LogP contribution in [-0.2, 0) is 23.9 Å². The van der Waals surface area contributed by atoms with Crippen LogP contribution in [0.15, 0.2) is 24.3 Å². The summed E-state index contributed by atoms with van der Waals surface area (Å²) in [5.41, 5.74) is 0.198. The first-order valence-corrected chi connectivity index (χ1v) is 14.9. The number of alkyl carbamates (subject to hydrolysis) is 1. The van der Waals surface area contributed by atoms with E-state index in [0.717, 1.165) is 6.42 Å². The Kier molecular flexibility index (Phi) is 15.1. The summed E-state index contributed by atoms with van der Waals surface area (Å²) >= 11 is 0. The summed E-state index contributed by atoms with van der Waals surface area (Å²) in [6, 6.07) is 4.55. The van der Waals surface area contributed by atoms with E-state index < -0.39 is 41.6 Å². The number of carbonyl (C=O) groups is 4. The Bertz CT molecular complexity index is 1090. The van der Waals surface area contributed by atoms with Crippen LogP contribution in [0.3, 0.4) is 0 Å². The van der Waals surface area contributed by atoms with E-state index in [1.165, 1.54) is 0 Å². The Hall–Kier alpha value is -3.54. The Morgan fingerprint density at radius 2 is 1.64 bits per heavy atom. The van der Waals surface area contributed by atoms with E-state index in [4.69, 9.17) is 15.9 Å². The number of terminal acetylenes is 1. The summed E-state index contributed by atoms with van der Waals surface area (Å²) in [5, 5.41) is 5.58. The van der Waals surface area contributed by atoms with Gasteiger partial charge in [0.25, 0.3) is 0 Å². The predicted octanol–water partition coefficient (Wildman–Crippen LogP) is 5.37. The van der Waals surface area contributed by atoms with Gasteiger partial charge in [-0.2, -0.15) is 0 Å². The second-order valence-electron chi connectivity index (χ2n) is 12.4. The summed E-state index contributed by atoms with van der Waals surface area (Å²) < 4.78 is 10.5. The van der Waals surface area contributed by atoms with Crippen LogP contribution >= 0.6 is 0 Å². The third-order valence-electron chi connectivity index (χ3n) is 6.46. The van der Waals surface area contributed by atoms with E-state index in [-0.39, 0.29) is 31.5 Å². The first-order chi connectivity index (χ1) is 19.6. The second-order valence-corrected chi connectivity index (χ2v) is 12.4. The highest BCUT2D eigenvalue weighted by Gasteiger charge is 2.39. The molecule has 0 heterocycles. The summed E-state index contributed by atoms with van der Waals surface area (Å²) in [4.78, 5) is 54.8. The monoisotopic (exact) mass is 585 g/mol. The molecule has 0 fully saturated rings. The van der Waals surface area contributed by atoms with Crippen molar-refractivity contribution in [1.29, 1.82) is 0 Å². The molecule has 3 amide bonds. The molecule has 1 aromatic rings. The van der Waals surface area contributed by atoms with Gasteiger partial charge in [-0.3, -0.25) is 14.4 Å². The van der Waals surface area contributed by atoms with Crippen LogP contribution in [-0.4, -0.2) is 59.6 Å². The number of benzene rings is 1. The van der Waals surface area contributed by atoms with Crippen LogP contribution < -0.4 is 10.6 Å². The Morgan fingerprint density at radius 3 is 2.19 bits per heavy atom. The molecule has 234 valence electrons.